The molecule has 3 amide bonds. The van der Waals surface area contributed by atoms with Crippen LogP contribution in [0.4, 0.5) is 4.79 Å². The summed E-state index contributed by atoms with van der Waals surface area (Å²) in [5.41, 5.74) is 0. The quantitative estimate of drug-likeness (QED) is 0.745. The van der Waals surface area contributed by atoms with E-state index in [9.17, 15) is 14.7 Å². The molecule has 1 atom stereocenters. The number of benzene rings is 1. The van der Waals surface area contributed by atoms with Gasteiger partial charge in [0.05, 0.1) is 5.25 Å². The third kappa shape index (κ3) is 5.26. The first-order valence-electron chi connectivity index (χ1n) is 7.61. The maximum absolute atomic E-state index is 12.0. The van der Waals surface area contributed by atoms with Crippen molar-refractivity contribution in [3.8, 4) is 5.75 Å². The molecule has 1 unspecified atom stereocenters. The Morgan fingerprint density at radius 2 is 1.82 bits per heavy atom. The number of amides is 3. The molecule has 1 fully saturated rings. The van der Waals surface area contributed by atoms with Crippen molar-refractivity contribution in [3.63, 3.8) is 0 Å². The zero-order valence-corrected chi connectivity index (χ0v) is 13.5. The van der Waals surface area contributed by atoms with Crippen molar-refractivity contribution in [1.82, 2.24) is 10.6 Å². The fourth-order valence-corrected chi connectivity index (χ4v) is 3.33. The molecule has 0 saturated heterocycles. The van der Waals surface area contributed by atoms with Crippen LogP contribution in [0.5, 0.6) is 5.75 Å². The standard InChI is InChI=1S/C16H22N2O3S/c1-11(22-14-9-7-13(19)8-10-14)15(20)18-16(21)17-12-5-3-2-4-6-12/h7-12,19H,2-6H2,1H3,(H2,17,18,20,21). The van der Waals surface area contributed by atoms with Crippen LogP contribution in [0.3, 0.4) is 0 Å². The predicted octanol–water partition coefficient (Wildman–Crippen LogP) is 3.03. The molecule has 120 valence electrons. The van der Waals surface area contributed by atoms with E-state index in [1.807, 2.05) is 0 Å². The molecule has 1 aliphatic carbocycles. The van der Waals surface area contributed by atoms with Crippen LogP contribution in [0, 0.1) is 0 Å². The lowest BCUT2D eigenvalue weighted by Gasteiger charge is -2.23. The molecule has 1 aromatic carbocycles. The third-order valence-electron chi connectivity index (χ3n) is 3.70. The van der Waals surface area contributed by atoms with Gasteiger partial charge in [-0.2, -0.15) is 0 Å². The summed E-state index contributed by atoms with van der Waals surface area (Å²) < 4.78 is 0. The average Bonchev–Trinajstić information content (AvgIpc) is 2.50. The van der Waals surface area contributed by atoms with Crippen molar-refractivity contribution in [1.29, 1.82) is 0 Å². The van der Waals surface area contributed by atoms with Crippen LogP contribution in [0.2, 0.25) is 0 Å². The van der Waals surface area contributed by atoms with Gasteiger partial charge in [-0.1, -0.05) is 19.3 Å². The van der Waals surface area contributed by atoms with Crippen molar-refractivity contribution in [2.75, 3.05) is 0 Å². The minimum Gasteiger partial charge on any atom is -0.508 e. The monoisotopic (exact) mass is 322 g/mol. The Labute approximate surface area is 134 Å². The van der Waals surface area contributed by atoms with Gasteiger partial charge in [-0.3, -0.25) is 10.1 Å². The Morgan fingerprint density at radius 3 is 2.45 bits per heavy atom. The van der Waals surface area contributed by atoms with E-state index in [0.717, 1.165) is 30.6 Å². The topological polar surface area (TPSA) is 78.4 Å². The summed E-state index contributed by atoms with van der Waals surface area (Å²) in [7, 11) is 0. The van der Waals surface area contributed by atoms with Gasteiger partial charge < -0.3 is 10.4 Å². The number of hydrogen-bond donors (Lipinski definition) is 3. The fraction of sp³-hybridized carbons (Fsp3) is 0.500. The molecule has 1 aromatic rings. The molecule has 5 nitrogen and oxygen atoms in total. The first-order valence-corrected chi connectivity index (χ1v) is 8.49. The summed E-state index contributed by atoms with van der Waals surface area (Å²) in [6.07, 6.45) is 5.45. The van der Waals surface area contributed by atoms with E-state index in [1.54, 1.807) is 31.2 Å². The van der Waals surface area contributed by atoms with E-state index in [1.165, 1.54) is 18.2 Å². The van der Waals surface area contributed by atoms with Gasteiger partial charge in [-0.15, -0.1) is 11.8 Å². The highest BCUT2D eigenvalue weighted by atomic mass is 32.2. The largest absolute Gasteiger partial charge is 0.508 e. The normalized spacial score (nSPS) is 16.8. The molecule has 0 aromatic heterocycles. The molecule has 3 N–H and O–H groups in total. The number of hydrogen-bond acceptors (Lipinski definition) is 4. The number of nitrogens with one attached hydrogen (secondary N) is 2. The Kier molecular flexibility index (Phi) is 6.12. The summed E-state index contributed by atoms with van der Waals surface area (Å²) in [4.78, 5) is 24.7. The second-order valence-electron chi connectivity index (χ2n) is 5.55. The Hall–Kier alpha value is -1.69. The zero-order chi connectivity index (χ0) is 15.9. The van der Waals surface area contributed by atoms with Gasteiger partial charge >= 0.3 is 6.03 Å². The summed E-state index contributed by atoms with van der Waals surface area (Å²) in [5, 5.41) is 14.1. The number of imide groups is 1. The second kappa shape index (κ2) is 8.08. The summed E-state index contributed by atoms with van der Waals surface area (Å²) in [6.45, 7) is 1.75. The van der Waals surface area contributed by atoms with E-state index < -0.39 is 6.03 Å². The van der Waals surface area contributed by atoms with E-state index in [-0.39, 0.29) is 22.9 Å². The van der Waals surface area contributed by atoms with Crippen LogP contribution in [0.25, 0.3) is 0 Å². The highest BCUT2D eigenvalue weighted by molar-refractivity contribution is 8.00. The van der Waals surface area contributed by atoms with Crippen molar-refractivity contribution < 1.29 is 14.7 Å². The lowest BCUT2D eigenvalue weighted by Crippen LogP contribution is -2.47. The highest BCUT2D eigenvalue weighted by Gasteiger charge is 2.20. The lowest BCUT2D eigenvalue weighted by molar-refractivity contribution is -0.119. The molecule has 0 heterocycles. The molecule has 6 heteroatoms. The molecule has 0 aliphatic heterocycles. The molecule has 0 spiro atoms. The molecular formula is C16H22N2O3S. The Bertz CT molecular complexity index is 513. The molecular weight excluding hydrogens is 300 g/mol. The maximum Gasteiger partial charge on any atom is 0.321 e. The number of rotatable bonds is 4. The number of carbonyl (C=O) groups excluding carboxylic acids is 2. The van der Waals surface area contributed by atoms with Crippen LogP contribution in [0.1, 0.15) is 39.0 Å². The van der Waals surface area contributed by atoms with E-state index in [0.29, 0.717) is 0 Å². The zero-order valence-electron chi connectivity index (χ0n) is 12.7. The van der Waals surface area contributed by atoms with Crippen molar-refractivity contribution >= 4 is 23.7 Å². The molecule has 0 bridgehead atoms. The van der Waals surface area contributed by atoms with Gasteiger partial charge in [0, 0.05) is 10.9 Å². The van der Waals surface area contributed by atoms with E-state index in [4.69, 9.17) is 0 Å². The number of phenolic OH excluding ortho intramolecular Hbond substituents is 1. The van der Waals surface area contributed by atoms with Crippen LogP contribution >= 0.6 is 11.8 Å². The molecule has 22 heavy (non-hydrogen) atoms. The van der Waals surface area contributed by atoms with Gasteiger partial charge in [0.25, 0.3) is 0 Å². The number of aromatic hydroxyl groups is 1. The predicted molar refractivity (Wildman–Crippen MR) is 87.0 cm³/mol. The molecule has 1 aliphatic rings. The SMILES string of the molecule is CC(Sc1ccc(O)cc1)C(=O)NC(=O)NC1CCCCC1. The summed E-state index contributed by atoms with van der Waals surface area (Å²) in [6, 6.07) is 6.40. The summed E-state index contributed by atoms with van der Waals surface area (Å²) >= 11 is 1.35. The number of urea groups is 1. The maximum atomic E-state index is 12.0. The summed E-state index contributed by atoms with van der Waals surface area (Å²) in [5.74, 6) is -0.125. The molecule has 1 saturated carbocycles. The smallest absolute Gasteiger partial charge is 0.321 e. The Morgan fingerprint density at radius 1 is 1.18 bits per heavy atom. The van der Waals surface area contributed by atoms with Crippen molar-refractivity contribution in [2.45, 2.75) is 55.2 Å². The van der Waals surface area contributed by atoms with Crippen LogP contribution in [-0.4, -0.2) is 28.3 Å². The first-order chi connectivity index (χ1) is 10.5. The van der Waals surface area contributed by atoms with E-state index >= 15 is 0 Å². The van der Waals surface area contributed by atoms with Gasteiger partial charge in [-0.05, 0) is 44.0 Å². The van der Waals surface area contributed by atoms with Gasteiger partial charge in [0.15, 0.2) is 0 Å². The second-order valence-corrected chi connectivity index (χ2v) is 6.97. The third-order valence-corrected chi connectivity index (χ3v) is 4.81. The minimum atomic E-state index is -0.407. The molecule has 2 rings (SSSR count). The minimum absolute atomic E-state index is 0.182. The number of phenols is 1. The molecule has 0 radical (unpaired) electrons. The van der Waals surface area contributed by atoms with Crippen LogP contribution < -0.4 is 10.6 Å². The van der Waals surface area contributed by atoms with E-state index in [2.05, 4.69) is 10.6 Å². The van der Waals surface area contributed by atoms with Crippen LogP contribution in [0.15, 0.2) is 29.2 Å². The number of carbonyl (C=O) groups is 2. The lowest BCUT2D eigenvalue weighted by atomic mass is 9.96. The van der Waals surface area contributed by atoms with Gasteiger partial charge in [-0.25, -0.2) is 4.79 Å². The highest BCUT2D eigenvalue weighted by Crippen LogP contribution is 2.25. The van der Waals surface area contributed by atoms with Crippen molar-refractivity contribution in [3.05, 3.63) is 24.3 Å². The first kappa shape index (κ1) is 16.7. The van der Waals surface area contributed by atoms with Gasteiger partial charge in [0.2, 0.25) is 5.91 Å². The number of thioether (sulfide) groups is 1. The van der Waals surface area contributed by atoms with Gasteiger partial charge in [0.1, 0.15) is 5.75 Å². The fourth-order valence-electron chi connectivity index (χ4n) is 2.46. The Balaban J connectivity index is 1.77. The van der Waals surface area contributed by atoms with Crippen molar-refractivity contribution in [2.24, 2.45) is 0 Å². The van der Waals surface area contributed by atoms with Crippen LogP contribution in [-0.2, 0) is 4.79 Å². The average molecular weight is 322 g/mol.